The molecule has 0 fully saturated rings. The number of hydrogen-bond acceptors (Lipinski definition) is 0. The molecule has 1 aliphatic rings. The molecule has 0 unspecified atom stereocenters. The molecule has 0 heterocycles. The van der Waals surface area contributed by atoms with Crippen LogP contribution in [0.5, 0.6) is 0 Å². The summed E-state index contributed by atoms with van der Waals surface area (Å²) in [6.07, 6.45) is 0. The van der Waals surface area contributed by atoms with Crippen molar-refractivity contribution in [3.05, 3.63) is 108 Å². The van der Waals surface area contributed by atoms with Crippen LogP contribution in [0, 0.1) is 0 Å². The van der Waals surface area contributed by atoms with Crippen molar-refractivity contribution in [2.24, 2.45) is 0 Å². The average molecular weight is 292 g/mol. The summed E-state index contributed by atoms with van der Waals surface area (Å²) in [7, 11) is 0. The first-order chi connectivity index (χ1) is 11.4. The van der Waals surface area contributed by atoms with Gasteiger partial charge in [-0.2, -0.15) is 0 Å². The molecule has 23 heavy (non-hydrogen) atoms. The molecule has 0 saturated heterocycles. The molecule has 0 nitrogen and oxygen atoms in total. The highest BCUT2D eigenvalue weighted by molar-refractivity contribution is 5.97. The fraction of sp³-hybridized carbons (Fsp3) is 0.0435. The summed E-state index contributed by atoms with van der Waals surface area (Å²) in [5, 5.41) is 2.69. The van der Waals surface area contributed by atoms with Gasteiger partial charge >= 0.3 is 0 Å². The summed E-state index contributed by atoms with van der Waals surface area (Å²) in [4.78, 5) is 0. The van der Waals surface area contributed by atoms with E-state index in [1.807, 2.05) is 0 Å². The fourth-order valence-electron chi connectivity index (χ4n) is 3.98. The van der Waals surface area contributed by atoms with Crippen molar-refractivity contribution in [1.82, 2.24) is 0 Å². The summed E-state index contributed by atoms with van der Waals surface area (Å²) in [5.74, 6) is 0.327. The Kier molecular flexibility index (Phi) is 2.65. The summed E-state index contributed by atoms with van der Waals surface area (Å²) in [6, 6.07) is 33.0. The number of benzene rings is 4. The van der Waals surface area contributed by atoms with E-state index in [9.17, 15) is 0 Å². The smallest absolute Gasteiger partial charge is 0.0358 e. The Morgan fingerprint density at radius 1 is 0.522 bits per heavy atom. The largest absolute Gasteiger partial charge is 0.0622 e. The lowest BCUT2D eigenvalue weighted by Crippen LogP contribution is -1.99. The Morgan fingerprint density at radius 3 is 2.17 bits per heavy atom. The maximum Gasteiger partial charge on any atom is 0.0358 e. The molecule has 0 aromatic heterocycles. The molecule has 108 valence electrons. The highest BCUT2D eigenvalue weighted by atomic mass is 14.3. The van der Waals surface area contributed by atoms with Crippen LogP contribution in [0.15, 0.2) is 91.0 Å². The van der Waals surface area contributed by atoms with Gasteiger partial charge in [0.15, 0.2) is 0 Å². The van der Waals surface area contributed by atoms with Crippen LogP contribution >= 0.6 is 0 Å². The van der Waals surface area contributed by atoms with Crippen LogP contribution < -0.4 is 0 Å². The zero-order valence-corrected chi connectivity index (χ0v) is 12.7. The van der Waals surface area contributed by atoms with Crippen LogP contribution in [0.25, 0.3) is 21.9 Å². The van der Waals surface area contributed by atoms with Gasteiger partial charge in [0.1, 0.15) is 0 Å². The first-order valence-electron chi connectivity index (χ1n) is 8.09. The average Bonchev–Trinajstić information content (AvgIpc) is 2.97. The molecule has 0 heteroatoms. The first kappa shape index (κ1) is 12.7. The summed E-state index contributed by atoms with van der Waals surface area (Å²) in [5.41, 5.74) is 7.01. The lowest BCUT2D eigenvalue weighted by Gasteiger charge is -2.16. The van der Waals surface area contributed by atoms with Gasteiger partial charge in [0.25, 0.3) is 0 Å². The van der Waals surface area contributed by atoms with Gasteiger partial charge < -0.3 is 0 Å². The third-order valence-electron chi connectivity index (χ3n) is 4.95. The molecule has 0 saturated carbocycles. The maximum absolute atomic E-state index is 2.29. The molecular formula is C23H16. The molecule has 4 aromatic rings. The van der Waals surface area contributed by atoms with E-state index in [0.29, 0.717) is 5.92 Å². The van der Waals surface area contributed by atoms with Gasteiger partial charge in [0.05, 0.1) is 0 Å². The normalized spacial score (nSPS) is 15.4. The predicted octanol–water partition coefficient (Wildman–Crippen LogP) is 6.00. The Morgan fingerprint density at radius 2 is 1.26 bits per heavy atom. The molecule has 0 radical (unpaired) electrons. The Labute approximate surface area is 136 Å². The van der Waals surface area contributed by atoms with Crippen LogP contribution in [0.3, 0.4) is 0 Å². The van der Waals surface area contributed by atoms with Crippen molar-refractivity contribution in [2.75, 3.05) is 0 Å². The van der Waals surface area contributed by atoms with Gasteiger partial charge in [-0.25, -0.2) is 0 Å². The first-order valence-corrected chi connectivity index (χ1v) is 8.09. The Hall–Kier alpha value is -2.86. The molecule has 5 rings (SSSR count). The van der Waals surface area contributed by atoms with E-state index in [4.69, 9.17) is 0 Å². The SMILES string of the molecule is c1ccc([C@@H]2c3ccccc3-c3ccc4ccccc4c32)cc1. The molecule has 0 spiro atoms. The molecule has 4 aromatic carbocycles. The quantitative estimate of drug-likeness (QED) is 0.355. The molecule has 0 bridgehead atoms. The molecule has 0 aliphatic heterocycles. The van der Waals surface area contributed by atoms with E-state index in [2.05, 4.69) is 91.0 Å². The third kappa shape index (κ3) is 1.78. The number of rotatable bonds is 1. The highest BCUT2D eigenvalue weighted by Crippen LogP contribution is 2.50. The summed E-state index contributed by atoms with van der Waals surface area (Å²) < 4.78 is 0. The van der Waals surface area contributed by atoms with Gasteiger partial charge in [-0.1, -0.05) is 91.0 Å². The van der Waals surface area contributed by atoms with Gasteiger partial charge in [-0.3, -0.25) is 0 Å². The fourth-order valence-corrected chi connectivity index (χ4v) is 3.98. The standard InChI is InChI=1S/C23H16/c1-2-9-17(10-3-1)22-20-13-7-6-12-19(20)21-15-14-16-8-4-5-11-18(16)23(21)22/h1-15,22H/t22-/m1/s1. The molecule has 0 N–H and O–H groups in total. The van der Waals surface area contributed by atoms with Gasteiger partial charge in [-0.05, 0) is 38.6 Å². The Bertz CT molecular complexity index is 1010. The van der Waals surface area contributed by atoms with Crippen molar-refractivity contribution in [1.29, 1.82) is 0 Å². The lowest BCUT2D eigenvalue weighted by molar-refractivity contribution is 1.03. The van der Waals surface area contributed by atoms with Crippen LogP contribution in [0.1, 0.15) is 22.6 Å². The minimum Gasteiger partial charge on any atom is -0.0622 e. The van der Waals surface area contributed by atoms with E-state index in [1.165, 1.54) is 38.6 Å². The van der Waals surface area contributed by atoms with Gasteiger partial charge in [0.2, 0.25) is 0 Å². The number of fused-ring (bicyclic) bond motifs is 5. The zero-order chi connectivity index (χ0) is 15.2. The topological polar surface area (TPSA) is 0 Å². The number of hydrogen-bond donors (Lipinski definition) is 0. The minimum atomic E-state index is 0.327. The van der Waals surface area contributed by atoms with Crippen LogP contribution in [0.2, 0.25) is 0 Å². The van der Waals surface area contributed by atoms with Gasteiger partial charge in [0, 0.05) is 5.92 Å². The van der Waals surface area contributed by atoms with E-state index in [1.54, 1.807) is 0 Å². The third-order valence-corrected chi connectivity index (χ3v) is 4.95. The second kappa shape index (κ2) is 4.82. The highest BCUT2D eigenvalue weighted by Gasteiger charge is 2.30. The van der Waals surface area contributed by atoms with Crippen molar-refractivity contribution in [3.8, 4) is 11.1 Å². The zero-order valence-electron chi connectivity index (χ0n) is 12.7. The maximum atomic E-state index is 2.29. The van der Waals surface area contributed by atoms with E-state index in [0.717, 1.165) is 0 Å². The summed E-state index contributed by atoms with van der Waals surface area (Å²) in [6.45, 7) is 0. The Balaban J connectivity index is 1.91. The van der Waals surface area contributed by atoms with Crippen molar-refractivity contribution >= 4 is 10.8 Å². The summed E-state index contributed by atoms with van der Waals surface area (Å²) >= 11 is 0. The molecule has 0 amide bonds. The van der Waals surface area contributed by atoms with Crippen molar-refractivity contribution in [3.63, 3.8) is 0 Å². The van der Waals surface area contributed by atoms with Crippen molar-refractivity contribution in [2.45, 2.75) is 5.92 Å². The van der Waals surface area contributed by atoms with Crippen molar-refractivity contribution < 1.29 is 0 Å². The predicted molar refractivity (Wildman–Crippen MR) is 96.8 cm³/mol. The monoisotopic (exact) mass is 292 g/mol. The van der Waals surface area contributed by atoms with E-state index in [-0.39, 0.29) is 0 Å². The van der Waals surface area contributed by atoms with Crippen LogP contribution in [-0.2, 0) is 0 Å². The van der Waals surface area contributed by atoms with Gasteiger partial charge in [-0.15, -0.1) is 0 Å². The molecule has 1 aliphatic carbocycles. The lowest BCUT2D eigenvalue weighted by atomic mass is 9.87. The molecular weight excluding hydrogens is 276 g/mol. The van der Waals surface area contributed by atoms with Crippen LogP contribution in [-0.4, -0.2) is 0 Å². The van der Waals surface area contributed by atoms with E-state index >= 15 is 0 Å². The molecule has 1 atom stereocenters. The second-order valence-corrected chi connectivity index (χ2v) is 6.18. The van der Waals surface area contributed by atoms with Crippen LogP contribution in [0.4, 0.5) is 0 Å². The minimum absolute atomic E-state index is 0.327. The second-order valence-electron chi connectivity index (χ2n) is 6.18. The van der Waals surface area contributed by atoms with E-state index < -0.39 is 0 Å².